The number of pyridine rings is 1. The summed E-state index contributed by atoms with van der Waals surface area (Å²) >= 11 is 0. The average Bonchev–Trinajstić information content (AvgIpc) is 2.76. The predicted molar refractivity (Wildman–Crippen MR) is 131 cm³/mol. The van der Waals surface area contributed by atoms with Crippen molar-refractivity contribution in [3.05, 3.63) is 29.8 Å². The number of fused-ring (bicyclic) bond motifs is 1. The van der Waals surface area contributed by atoms with Crippen molar-refractivity contribution in [2.24, 2.45) is 11.8 Å². The number of carbonyl (C=O) groups excluding carboxylic acids is 2. The van der Waals surface area contributed by atoms with Gasteiger partial charge in [0.05, 0.1) is 17.6 Å². The van der Waals surface area contributed by atoms with Gasteiger partial charge in [-0.3, -0.25) is 14.5 Å². The number of rotatable bonds is 8. The van der Waals surface area contributed by atoms with Crippen LogP contribution in [-0.2, 0) is 9.59 Å². The number of benzene rings is 1. The van der Waals surface area contributed by atoms with Gasteiger partial charge in [0, 0.05) is 49.7 Å². The van der Waals surface area contributed by atoms with Crippen molar-refractivity contribution in [3.63, 3.8) is 0 Å². The Balaban J connectivity index is 1.45. The number of carboxylic acids is 1. The largest absolute Gasteiger partial charge is 0.478 e. The molecule has 2 aliphatic rings. The number of hydrogen-bond acceptors (Lipinski definition) is 6. The van der Waals surface area contributed by atoms with Crippen molar-refractivity contribution >= 4 is 40.2 Å². The Bertz CT molecular complexity index is 1070. The number of carboxylic acid groups (broad SMARTS) is 1. The zero-order chi connectivity index (χ0) is 24.2. The van der Waals surface area contributed by atoms with Crippen molar-refractivity contribution in [2.75, 3.05) is 49.5 Å². The summed E-state index contributed by atoms with van der Waals surface area (Å²) in [6.07, 6.45) is 2.88. The lowest BCUT2D eigenvalue weighted by Gasteiger charge is -2.35. The first-order chi connectivity index (χ1) is 16.3. The molecule has 2 amide bonds. The zero-order valence-corrected chi connectivity index (χ0v) is 19.8. The van der Waals surface area contributed by atoms with Crippen LogP contribution in [0.4, 0.5) is 11.5 Å². The predicted octanol–water partition coefficient (Wildman–Crippen LogP) is 2.57. The highest BCUT2D eigenvalue weighted by Gasteiger charge is 2.26. The lowest BCUT2D eigenvalue weighted by atomic mass is 9.85. The molecule has 0 radical (unpaired) electrons. The molecule has 2 fully saturated rings. The Labute approximate surface area is 199 Å². The van der Waals surface area contributed by atoms with E-state index in [1.54, 1.807) is 24.3 Å². The van der Waals surface area contributed by atoms with Crippen molar-refractivity contribution < 1.29 is 19.5 Å². The lowest BCUT2D eigenvalue weighted by molar-refractivity contribution is -0.123. The standard InChI is InChI=1S/C25H33N5O4/c1-16(2)14-26-23(31)15-29-8-10-30(11-9-29)22-13-20(25(33)34)19-12-18(6-7-21(19)28-22)27-24(32)17-4-3-5-17/h6-7,12-13,16-17H,3-5,8-11,14-15H2,1-2H3,(H,26,31)(H,27,32)(H,33,34). The van der Waals surface area contributed by atoms with Gasteiger partial charge in [0.15, 0.2) is 0 Å². The van der Waals surface area contributed by atoms with E-state index >= 15 is 0 Å². The SMILES string of the molecule is CC(C)CNC(=O)CN1CCN(c2cc(C(=O)O)c3cc(NC(=O)C4CCC4)ccc3n2)CC1. The van der Waals surface area contributed by atoms with Crippen LogP contribution in [0.15, 0.2) is 24.3 Å². The van der Waals surface area contributed by atoms with Crippen LogP contribution in [-0.4, -0.2) is 72.0 Å². The Hall–Kier alpha value is -3.20. The quantitative estimate of drug-likeness (QED) is 0.547. The molecular formula is C25H33N5O4. The molecule has 4 rings (SSSR count). The molecular weight excluding hydrogens is 434 g/mol. The van der Waals surface area contributed by atoms with E-state index in [0.29, 0.717) is 67.6 Å². The Morgan fingerprint density at radius 3 is 2.47 bits per heavy atom. The molecule has 0 unspecified atom stereocenters. The molecule has 0 bridgehead atoms. The molecule has 2 aromatic rings. The van der Waals surface area contributed by atoms with Gasteiger partial charge in [-0.1, -0.05) is 20.3 Å². The zero-order valence-electron chi connectivity index (χ0n) is 19.8. The average molecular weight is 468 g/mol. The third kappa shape index (κ3) is 5.64. The first-order valence-corrected chi connectivity index (χ1v) is 12.0. The maximum Gasteiger partial charge on any atom is 0.336 e. The minimum atomic E-state index is -1.03. The molecule has 1 saturated carbocycles. The van der Waals surface area contributed by atoms with Gasteiger partial charge >= 0.3 is 5.97 Å². The number of piperazine rings is 1. The van der Waals surface area contributed by atoms with Crippen LogP contribution >= 0.6 is 0 Å². The summed E-state index contributed by atoms with van der Waals surface area (Å²) < 4.78 is 0. The van der Waals surface area contributed by atoms with Gasteiger partial charge in [-0.15, -0.1) is 0 Å². The van der Waals surface area contributed by atoms with Gasteiger partial charge in [0.1, 0.15) is 5.82 Å². The Morgan fingerprint density at radius 1 is 1.12 bits per heavy atom. The van der Waals surface area contributed by atoms with Crippen LogP contribution in [0.25, 0.3) is 10.9 Å². The molecule has 182 valence electrons. The van der Waals surface area contributed by atoms with Crippen LogP contribution in [0, 0.1) is 11.8 Å². The number of amides is 2. The molecule has 0 atom stereocenters. The normalized spacial score (nSPS) is 17.0. The molecule has 1 aliphatic carbocycles. The fourth-order valence-corrected chi connectivity index (χ4v) is 4.26. The van der Waals surface area contributed by atoms with Gasteiger partial charge in [0.2, 0.25) is 11.8 Å². The molecule has 34 heavy (non-hydrogen) atoms. The van der Waals surface area contributed by atoms with Gasteiger partial charge in [-0.05, 0) is 43.0 Å². The maximum atomic E-state index is 12.3. The summed E-state index contributed by atoms with van der Waals surface area (Å²) in [7, 11) is 0. The number of aromatic carboxylic acids is 1. The number of hydrogen-bond donors (Lipinski definition) is 3. The summed E-state index contributed by atoms with van der Waals surface area (Å²) in [5.41, 5.74) is 1.33. The van der Waals surface area contributed by atoms with Crippen LogP contribution in [0.1, 0.15) is 43.5 Å². The highest BCUT2D eigenvalue weighted by atomic mass is 16.4. The van der Waals surface area contributed by atoms with Crippen LogP contribution in [0.3, 0.4) is 0 Å². The van der Waals surface area contributed by atoms with E-state index in [0.717, 1.165) is 19.3 Å². The van der Waals surface area contributed by atoms with Crippen molar-refractivity contribution in [2.45, 2.75) is 33.1 Å². The summed E-state index contributed by atoms with van der Waals surface area (Å²) in [4.78, 5) is 45.3. The molecule has 3 N–H and O–H groups in total. The monoisotopic (exact) mass is 467 g/mol. The molecule has 9 nitrogen and oxygen atoms in total. The molecule has 1 saturated heterocycles. The first kappa shape index (κ1) is 23.9. The highest BCUT2D eigenvalue weighted by Crippen LogP contribution is 2.30. The third-order valence-electron chi connectivity index (χ3n) is 6.54. The van der Waals surface area contributed by atoms with E-state index < -0.39 is 5.97 Å². The number of anilines is 2. The van der Waals surface area contributed by atoms with E-state index in [1.165, 1.54) is 0 Å². The first-order valence-electron chi connectivity index (χ1n) is 12.0. The smallest absolute Gasteiger partial charge is 0.336 e. The van der Waals surface area contributed by atoms with E-state index in [1.807, 2.05) is 0 Å². The summed E-state index contributed by atoms with van der Waals surface area (Å²) in [6.45, 7) is 7.87. The fraction of sp³-hybridized carbons (Fsp3) is 0.520. The highest BCUT2D eigenvalue weighted by molar-refractivity contribution is 6.05. The summed E-state index contributed by atoms with van der Waals surface area (Å²) in [5.74, 6) is 0.0622. The molecule has 1 aromatic heterocycles. The van der Waals surface area contributed by atoms with E-state index in [-0.39, 0.29) is 23.3 Å². The number of aromatic nitrogens is 1. The van der Waals surface area contributed by atoms with E-state index in [9.17, 15) is 19.5 Å². The van der Waals surface area contributed by atoms with Gasteiger partial charge in [0.25, 0.3) is 0 Å². The van der Waals surface area contributed by atoms with E-state index in [4.69, 9.17) is 4.98 Å². The summed E-state index contributed by atoms with van der Waals surface area (Å²) in [5, 5.41) is 16.2. The van der Waals surface area contributed by atoms with Gasteiger partial charge in [-0.25, -0.2) is 9.78 Å². The minimum Gasteiger partial charge on any atom is -0.478 e. The van der Waals surface area contributed by atoms with Crippen molar-refractivity contribution in [1.29, 1.82) is 0 Å². The van der Waals surface area contributed by atoms with Crippen molar-refractivity contribution in [1.82, 2.24) is 15.2 Å². The third-order valence-corrected chi connectivity index (χ3v) is 6.54. The molecule has 9 heteroatoms. The second-order valence-corrected chi connectivity index (χ2v) is 9.64. The van der Waals surface area contributed by atoms with Gasteiger partial charge < -0.3 is 20.6 Å². The Morgan fingerprint density at radius 2 is 1.85 bits per heavy atom. The lowest BCUT2D eigenvalue weighted by Crippen LogP contribution is -2.50. The van der Waals surface area contributed by atoms with Crippen LogP contribution in [0.2, 0.25) is 0 Å². The van der Waals surface area contributed by atoms with E-state index in [2.05, 4.69) is 34.3 Å². The van der Waals surface area contributed by atoms with Crippen molar-refractivity contribution in [3.8, 4) is 0 Å². The molecule has 0 spiro atoms. The topological polar surface area (TPSA) is 115 Å². The number of nitrogens with zero attached hydrogens (tertiary/aromatic N) is 3. The summed E-state index contributed by atoms with van der Waals surface area (Å²) in [6, 6.07) is 6.83. The van der Waals surface area contributed by atoms with Gasteiger partial charge in [-0.2, -0.15) is 0 Å². The molecule has 1 aliphatic heterocycles. The van der Waals surface area contributed by atoms with Crippen LogP contribution < -0.4 is 15.5 Å². The second kappa shape index (κ2) is 10.4. The maximum absolute atomic E-state index is 12.3. The number of carbonyl (C=O) groups is 3. The second-order valence-electron chi connectivity index (χ2n) is 9.64. The van der Waals surface area contributed by atoms with Crippen LogP contribution in [0.5, 0.6) is 0 Å². The Kier molecular flexibility index (Phi) is 7.31. The minimum absolute atomic E-state index is 0.0113. The molecule has 1 aromatic carbocycles. The number of nitrogens with one attached hydrogen (secondary N) is 2. The molecule has 2 heterocycles. The fourth-order valence-electron chi connectivity index (χ4n) is 4.26.